The molecule has 4 saturated heterocycles. The van der Waals surface area contributed by atoms with Crippen LogP contribution in [0.4, 0.5) is 45.5 Å². The summed E-state index contributed by atoms with van der Waals surface area (Å²) in [4.78, 5) is 22.4. The summed E-state index contributed by atoms with van der Waals surface area (Å²) in [5, 5.41) is 6.96. The fraction of sp³-hybridized carbons (Fsp3) is 0.135. The van der Waals surface area contributed by atoms with E-state index >= 15 is 0 Å². The molecule has 0 bridgehead atoms. The summed E-state index contributed by atoms with van der Waals surface area (Å²) in [5.74, 6) is -1.61. The highest BCUT2D eigenvalue weighted by Crippen LogP contribution is 2.40. The van der Waals surface area contributed by atoms with Gasteiger partial charge in [-0.1, -0.05) is 114 Å². The maximum atomic E-state index is 13.1. The van der Waals surface area contributed by atoms with Crippen LogP contribution < -0.4 is 36.1 Å². The average Bonchev–Trinajstić information content (AvgIpc) is 0.813. The van der Waals surface area contributed by atoms with Crippen molar-refractivity contribution in [3.05, 3.63) is 331 Å². The second-order valence-corrected chi connectivity index (χ2v) is 47.0. The van der Waals surface area contributed by atoms with Gasteiger partial charge in [-0.15, -0.1) is 0 Å². The molecule has 0 aliphatic carbocycles. The fourth-order valence-electron chi connectivity index (χ4n) is 15.6. The van der Waals surface area contributed by atoms with Gasteiger partial charge in [-0.3, -0.25) is 56.0 Å². The van der Waals surface area contributed by atoms with Crippen molar-refractivity contribution in [1.82, 2.24) is 24.9 Å². The molecule has 0 unspecified atom stereocenters. The zero-order chi connectivity index (χ0) is 98.5. The molecule has 9 heterocycles. The number of benzene rings is 11. The monoisotopic (exact) mass is 2100 g/mol. The molecule has 720 valence electrons. The molecular formula is C96H82Cl3N13O20S8. The Bertz CT molecular complexity index is 7860. The smallest absolute Gasteiger partial charge is 0.261 e. The highest BCUT2D eigenvalue weighted by atomic mass is 35.5. The van der Waals surface area contributed by atoms with Gasteiger partial charge in [-0.05, 0) is 230 Å². The Morgan fingerprint density at radius 2 is 0.607 bits per heavy atom. The van der Waals surface area contributed by atoms with Crippen LogP contribution in [0.3, 0.4) is 0 Å². The number of para-hydroxylation sites is 1. The number of pyridine rings is 5. The van der Waals surface area contributed by atoms with Gasteiger partial charge in [0, 0.05) is 91.3 Å². The lowest BCUT2D eigenvalue weighted by Gasteiger charge is -2.28. The van der Waals surface area contributed by atoms with Crippen LogP contribution in [0.15, 0.2) is 329 Å². The number of rotatable bonds is 20. The van der Waals surface area contributed by atoms with Gasteiger partial charge < -0.3 is 18.9 Å². The van der Waals surface area contributed by atoms with Crippen LogP contribution >= 0.6 is 34.8 Å². The van der Waals surface area contributed by atoms with E-state index in [2.05, 4.69) is 43.8 Å². The highest BCUT2D eigenvalue weighted by molar-refractivity contribution is 7.94. The minimum atomic E-state index is -3.96. The normalized spacial score (nSPS) is 15.7. The molecule has 0 radical (unpaired) electrons. The third-order valence-electron chi connectivity index (χ3n) is 22.4. The number of nitrogens with zero attached hydrogens (tertiary/aromatic N) is 9. The zero-order valence-corrected chi connectivity index (χ0v) is 82.3. The van der Waals surface area contributed by atoms with E-state index in [4.69, 9.17) is 53.8 Å². The van der Waals surface area contributed by atoms with Crippen LogP contribution in [-0.4, -0.2) is 169 Å². The molecule has 16 aromatic rings. The molecule has 44 heteroatoms. The fourth-order valence-corrected chi connectivity index (χ4v) is 25.4. The third kappa shape index (κ3) is 22.2. The van der Waals surface area contributed by atoms with E-state index in [0.29, 0.717) is 94.3 Å². The summed E-state index contributed by atoms with van der Waals surface area (Å²) in [7, 11) is -30.1. The van der Waals surface area contributed by atoms with Gasteiger partial charge in [0.15, 0.2) is 23.8 Å². The second-order valence-electron chi connectivity index (χ2n) is 31.7. The quantitative estimate of drug-likeness (QED) is 0.0550. The number of halogens is 3. The Morgan fingerprint density at radius 3 is 0.993 bits per heavy atom. The Hall–Kier alpha value is -13.1. The number of hydrogen-bond donors (Lipinski definition) is 4. The van der Waals surface area contributed by atoms with Gasteiger partial charge in [0.05, 0.1) is 144 Å². The molecular weight excluding hydrogens is 2020 g/mol. The molecule has 4 fully saturated rings. The van der Waals surface area contributed by atoms with Crippen LogP contribution in [0.25, 0.3) is 88.4 Å². The molecule has 4 aliphatic rings. The Labute approximate surface area is 822 Å². The Balaban J connectivity index is 0.000000129. The van der Waals surface area contributed by atoms with E-state index in [1.165, 1.54) is 114 Å². The third-order valence-corrected chi connectivity index (χ3v) is 35.1. The first-order valence-electron chi connectivity index (χ1n) is 42.5. The Morgan fingerprint density at radius 1 is 0.293 bits per heavy atom. The molecule has 4 N–H and O–H groups in total. The summed E-state index contributed by atoms with van der Waals surface area (Å²) >= 11 is 19.3. The van der Waals surface area contributed by atoms with Gasteiger partial charge in [0.25, 0.3) is 80.2 Å². The van der Waals surface area contributed by atoms with Crippen molar-refractivity contribution in [2.24, 2.45) is 0 Å². The maximum Gasteiger partial charge on any atom is 0.261 e. The van der Waals surface area contributed by atoms with E-state index in [9.17, 15) is 67.3 Å². The topological polar surface area (TPSA) is 436 Å². The number of ether oxygens (including phenoxy) is 4. The van der Waals surface area contributed by atoms with Crippen LogP contribution in [0.1, 0.15) is 5.56 Å². The average molecular weight is 2100 g/mol. The second kappa shape index (κ2) is 41.0. The number of sulfonamides is 8. The lowest BCUT2D eigenvalue weighted by molar-refractivity contribution is 0.175. The van der Waals surface area contributed by atoms with Gasteiger partial charge in [-0.2, -0.15) is 0 Å². The first-order chi connectivity index (χ1) is 67.0. The van der Waals surface area contributed by atoms with Crippen LogP contribution in [0.2, 0.25) is 15.1 Å². The predicted octanol–water partition coefficient (Wildman–Crippen LogP) is 17.0. The van der Waals surface area contributed by atoms with E-state index in [-0.39, 0.29) is 72.2 Å². The maximum absolute atomic E-state index is 13.1. The van der Waals surface area contributed by atoms with Crippen LogP contribution in [-0.2, 0) is 99.1 Å². The molecule has 11 aromatic carbocycles. The van der Waals surface area contributed by atoms with Crippen molar-refractivity contribution < 1.29 is 86.3 Å². The summed E-state index contributed by atoms with van der Waals surface area (Å²) in [6, 6.07) is 78.8. The van der Waals surface area contributed by atoms with Crippen molar-refractivity contribution >= 4 is 204 Å². The number of hydrogen-bond acceptors (Lipinski definition) is 25. The molecule has 140 heavy (non-hydrogen) atoms. The summed E-state index contributed by atoms with van der Waals surface area (Å²) < 4.78 is 237. The first kappa shape index (κ1) is 98.5. The molecule has 0 amide bonds. The SMILES string of the molecule is Cc1ccc(NS(=O)(=O)c2ccc(N3CCOCS3(=O)=O)cc2)cc1-c1nccc2ccccc12.O=S(=O)(Nc1ccc(Cl)c(-c2ccc3ccccc3n2)c1)c1ccc(N2CCOCS2(=O)=O)cc1.O=S(=O)(Nc1ccc(Cl)c(-c2nccc3ccccc23)c1)c1ccc(N2CCOCS2(=O)=O)cc1.O=S(=O)(Nc1ccc(Cl)c(-c2nccc3ncccc23)c1)c1ccc(N2CCOCS2(=O)=O)cc1. The van der Waals surface area contributed by atoms with Gasteiger partial charge in [0.1, 0.15) is 0 Å². The number of nitrogens with one attached hydrogen (secondary N) is 4. The van der Waals surface area contributed by atoms with Crippen molar-refractivity contribution in [1.29, 1.82) is 0 Å². The van der Waals surface area contributed by atoms with Crippen LogP contribution in [0.5, 0.6) is 0 Å². The molecule has 20 rings (SSSR count). The van der Waals surface area contributed by atoms with Gasteiger partial charge in [0.2, 0.25) is 0 Å². The van der Waals surface area contributed by atoms with E-state index in [1.54, 1.807) is 104 Å². The van der Waals surface area contributed by atoms with E-state index in [0.717, 1.165) is 60.2 Å². The standard InChI is InChI=1S/C25H23N3O5S2.2C24H20ClN3O5S2.C23H19ClN4O5S2/c1-18-6-7-20(16-24(18)25-23-5-3-2-4-19(23)12-13-26-25)27-35(31,32)22-10-8-21(9-11-22)28-14-15-33-17-34(28,29)30;25-22-11-6-18(15-21(22)24-12-5-17-3-1-2-4-23(17)26-24)27-35(31,32)20-9-7-19(8-10-20)28-13-14-33-16-34(28,29)30;25-23-10-5-18(15-22(23)24-21-4-2-1-3-17(21)11-12-26-24)27-35(31,32)20-8-6-19(7-9-20)28-13-14-33-16-34(28,29)30;24-21-8-3-16(14-20(21)23-19-2-1-10-25-22(19)9-11-26-23)27-35(31,32)18-6-4-17(5-7-18)28-12-13-33-15-34(28,29)30/h2-13,16,27H,14-15,17H2,1H3;2*1-12,15,27H,13-14,16H2;1-11,14,27H,12-13,15H2. The number of fused-ring (bicyclic) bond motifs is 4. The highest BCUT2D eigenvalue weighted by Gasteiger charge is 2.33. The number of aromatic nitrogens is 5. The van der Waals surface area contributed by atoms with Crippen molar-refractivity contribution in [2.75, 3.05) is 112 Å². The molecule has 5 aromatic heterocycles. The van der Waals surface area contributed by atoms with Gasteiger partial charge in [-0.25, -0.2) is 72.3 Å². The number of aryl methyl sites for hydroxylation is 1. The molecule has 0 saturated carbocycles. The molecule has 33 nitrogen and oxygen atoms in total. The molecule has 4 aliphatic heterocycles. The Kier molecular flexibility index (Phi) is 28.9. The largest absolute Gasteiger partial charge is 0.362 e. The van der Waals surface area contributed by atoms with Crippen molar-refractivity contribution in [3.63, 3.8) is 0 Å². The minimum Gasteiger partial charge on any atom is -0.362 e. The van der Waals surface area contributed by atoms with Crippen LogP contribution in [0, 0.1) is 6.92 Å². The summed E-state index contributed by atoms with van der Waals surface area (Å²) in [6.45, 7) is 3.72. The number of anilines is 8. The zero-order valence-electron chi connectivity index (χ0n) is 73.5. The lowest BCUT2D eigenvalue weighted by atomic mass is 10.00. The molecule has 0 spiro atoms. The minimum absolute atomic E-state index is 0.00719. The van der Waals surface area contributed by atoms with Gasteiger partial charge >= 0.3 is 0 Å². The van der Waals surface area contributed by atoms with E-state index in [1.807, 2.05) is 116 Å². The first-order valence-corrected chi connectivity index (χ1v) is 56.0. The lowest BCUT2D eigenvalue weighted by Crippen LogP contribution is -2.41. The summed E-state index contributed by atoms with van der Waals surface area (Å²) in [5.41, 5.74) is 10.5. The van der Waals surface area contributed by atoms with Crippen molar-refractivity contribution in [3.8, 4) is 45.0 Å². The van der Waals surface area contributed by atoms with E-state index < -0.39 is 104 Å². The molecule has 0 atom stereocenters. The predicted molar refractivity (Wildman–Crippen MR) is 544 cm³/mol. The summed E-state index contributed by atoms with van der Waals surface area (Å²) in [6.07, 6.45) is 6.72. The van der Waals surface area contributed by atoms with Crippen molar-refractivity contribution in [2.45, 2.75) is 26.5 Å².